The Morgan fingerprint density at radius 3 is 2.23 bits per heavy atom. The number of halogens is 1. The van der Waals surface area contributed by atoms with Crippen molar-refractivity contribution < 1.29 is 8.42 Å². The van der Waals surface area contributed by atoms with Crippen molar-refractivity contribution in [3.63, 3.8) is 0 Å². The lowest BCUT2D eigenvalue weighted by Gasteiger charge is -2.18. The van der Waals surface area contributed by atoms with E-state index in [1.807, 2.05) is 12.1 Å². The molecule has 0 saturated carbocycles. The van der Waals surface area contributed by atoms with E-state index < -0.39 is 9.84 Å². The summed E-state index contributed by atoms with van der Waals surface area (Å²) in [5.41, 5.74) is 1.08. The smallest absolute Gasteiger partial charge is 0.191 e. The molecule has 26 heavy (non-hydrogen) atoms. The van der Waals surface area contributed by atoms with Crippen LogP contribution in [0.15, 0.2) is 34.2 Å². The van der Waals surface area contributed by atoms with Crippen molar-refractivity contribution in [3.8, 4) is 0 Å². The third-order valence-electron chi connectivity index (χ3n) is 3.93. The highest BCUT2D eigenvalue weighted by Gasteiger charge is 2.07. The zero-order valence-corrected chi connectivity index (χ0v) is 19.7. The number of guanidine groups is 1. The van der Waals surface area contributed by atoms with Gasteiger partial charge in [-0.05, 0) is 56.7 Å². The maximum absolute atomic E-state index is 11.5. The maximum Gasteiger partial charge on any atom is 0.191 e. The second kappa shape index (κ2) is 12.5. The predicted octanol–water partition coefficient (Wildman–Crippen LogP) is 3.63. The monoisotopic (exact) mass is 495 g/mol. The number of aliphatic imine (C=N–C) groups is 1. The van der Waals surface area contributed by atoms with E-state index in [2.05, 4.69) is 43.3 Å². The van der Waals surface area contributed by atoms with Gasteiger partial charge in [-0.15, -0.1) is 24.0 Å². The molecule has 150 valence electrons. The number of hydrogen-bond acceptors (Lipinski definition) is 3. The molecule has 1 aromatic carbocycles. The molecular weight excluding hydrogens is 461 g/mol. The summed E-state index contributed by atoms with van der Waals surface area (Å²) < 4.78 is 23.0. The van der Waals surface area contributed by atoms with Crippen LogP contribution in [-0.2, 0) is 16.3 Å². The van der Waals surface area contributed by atoms with E-state index in [0.717, 1.165) is 30.9 Å². The minimum Gasteiger partial charge on any atom is -0.357 e. The van der Waals surface area contributed by atoms with E-state index in [1.54, 1.807) is 12.1 Å². The highest BCUT2D eigenvalue weighted by molar-refractivity contribution is 14.0. The van der Waals surface area contributed by atoms with E-state index >= 15 is 0 Å². The summed E-state index contributed by atoms with van der Waals surface area (Å²) in [5, 5.41) is 6.72. The predicted molar refractivity (Wildman–Crippen MR) is 121 cm³/mol. The molecular formula is C19H34IN3O2S. The molecule has 1 aromatic rings. The lowest BCUT2D eigenvalue weighted by atomic mass is 10.0. The molecule has 0 fully saturated rings. The van der Waals surface area contributed by atoms with Crippen molar-refractivity contribution >= 4 is 39.8 Å². The minimum atomic E-state index is -3.13. The van der Waals surface area contributed by atoms with Crippen molar-refractivity contribution in [2.45, 2.75) is 57.9 Å². The number of nitrogens with one attached hydrogen (secondary N) is 2. The van der Waals surface area contributed by atoms with Crippen molar-refractivity contribution in [1.82, 2.24) is 10.6 Å². The number of benzene rings is 1. The van der Waals surface area contributed by atoms with Gasteiger partial charge in [0.15, 0.2) is 15.8 Å². The topological polar surface area (TPSA) is 70.6 Å². The standard InChI is InChI=1S/C19H33N3O2S.HI/c1-6-20-19(22-16(4)8-7-15(2)3)21-14-13-17-9-11-18(12-10-17)25(5,23)24;/h9-12,15-16H,6-8,13-14H2,1-5H3,(H2,20,21,22);1H. The van der Waals surface area contributed by atoms with E-state index in [4.69, 9.17) is 0 Å². The molecule has 0 aromatic heterocycles. The van der Waals surface area contributed by atoms with E-state index in [9.17, 15) is 8.42 Å². The van der Waals surface area contributed by atoms with Crippen LogP contribution in [0.3, 0.4) is 0 Å². The summed E-state index contributed by atoms with van der Waals surface area (Å²) in [7, 11) is -3.13. The second-order valence-corrected chi connectivity index (χ2v) is 8.96. The SMILES string of the molecule is CCNC(=NCCc1ccc(S(C)(=O)=O)cc1)NC(C)CCC(C)C.I. The van der Waals surface area contributed by atoms with Gasteiger partial charge in [0.2, 0.25) is 0 Å². The van der Waals surface area contributed by atoms with Crippen LogP contribution < -0.4 is 10.6 Å². The number of nitrogens with zero attached hydrogens (tertiary/aromatic N) is 1. The van der Waals surface area contributed by atoms with Gasteiger partial charge in [-0.1, -0.05) is 26.0 Å². The van der Waals surface area contributed by atoms with Crippen LogP contribution in [0.25, 0.3) is 0 Å². The lowest BCUT2D eigenvalue weighted by molar-refractivity contribution is 0.489. The molecule has 0 bridgehead atoms. The van der Waals surface area contributed by atoms with Gasteiger partial charge < -0.3 is 10.6 Å². The molecule has 1 rings (SSSR count). The maximum atomic E-state index is 11.5. The molecule has 7 heteroatoms. The molecule has 0 spiro atoms. The van der Waals surface area contributed by atoms with Crippen LogP contribution in [0, 0.1) is 5.92 Å². The largest absolute Gasteiger partial charge is 0.357 e. The third kappa shape index (κ3) is 10.4. The van der Waals surface area contributed by atoms with Gasteiger partial charge in [0.25, 0.3) is 0 Å². The normalized spacial score (nSPS) is 13.2. The van der Waals surface area contributed by atoms with Gasteiger partial charge in [0, 0.05) is 25.4 Å². The Hall–Kier alpha value is -0.830. The fourth-order valence-corrected chi connectivity index (χ4v) is 3.04. The highest BCUT2D eigenvalue weighted by atomic mass is 127. The summed E-state index contributed by atoms with van der Waals surface area (Å²) >= 11 is 0. The van der Waals surface area contributed by atoms with Gasteiger partial charge in [0.1, 0.15) is 0 Å². The number of rotatable bonds is 9. The van der Waals surface area contributed by atoms with Crippen molar-refractivity contribution in [3.05, 3.63) is 29.8 Å². The summed E-state index contributed by atoms with van der Waals surface area (Å²) in [6, 6.07) is 7.42. The first-order valence-corrected chi connectivity index (χ1v) is 10.9. The van der Waals surface area contributed by atoms with Crippen LogP contribution in [-0.4, -0.2) is 39.8 Å². The van der Waals surface area contributed by atoms with Gasteiger partial charge >= 0.3 is 0 Å². The molecule has 5 nitrogen and oxygen atoms in total. The molecule has 0 aliphatic carbocycles. The van der Waals surface area contributed by atoms with Crippen molar-refractivity contribution in [1.29, 1.82) is 0 Å². The van der Waals surface area contributed by atoms with Gasteiger partial charge in [-0.2, -0.15) is 0 Å². The average molecular weight is 495 g/mol. The summed E-state index contributed by atoms with van der Waals surface area (Å²) in [6.07, 6.45) is 4.32. The summed E-state index contributed by atoms with van der Waals surface area (Å²) in [5.74, 6) is 1.55. The molecule has 1 atom stereocenters. The zero-order valence-electron chi connectivity index (χ0n) is 16.6. The molecule has 1 unspecified atom stereocenters. The number of hydrogen-bond donors (Lipinski definition) is 2. The van der Waals surface area contributed by atoms with Crippen LogP contribution in [0.2, 0.25) is 0 Å². The second-order valence-electron chi connectivity index (χ2n) is 6.94. The Morgan fingerprint density at radius 1 is 1.12 bits per heavy atom. The Balaban J connectivity index is 0.00000625. The van der Waals surface area contributed by atoms with Gasteiger partial charge in [-0.3, -0.25) is 4.99 Å². The van der Waals surface area contributed by atoms with Crippen LogP contribution in [0.1, 0.15) is 46.1 Å². The van der Waals surface area contributed by atoms with Crippen molar-refractivity contribution in [2.24, 2.45) is 10.9 Å². The Labute approximate surface area is 176 Å². The summed E-state index contributed by atoms with van der Waals surface area (Å²) in [4.78, 5) is 4.98. The molecule has 0 heterocycles. The molecule has 2 N–H and O–H groups in total. The van der Waals surface area contributed by atoms with Gasteiger partial charge in [0.05, 0.1) is 4.90 Å². The van der Waals surface area contributed by atoms with Gasteiger partial charge in [-0.25, -0.2) is 8.42 Å². The van der Waals surface area contributed by atoms with Crippen LogP contribution >= 0.6 is 24.0 Å². The van der Waals surface area contributed by atoms with Crippen molar-refractivity contribution in [2.75, 3.05) is 19.3 Å². The molecule has 0 amide bonds. The lowest BCUT2D eigenvalue weighted by Crippen LogP contribution is -2.42. The van der Waals surface area contributed by atoms with E-state index in [0.29, 0.717) is 23.4 Å². The molecule has 0 saturated heterocycles. The van der Waals surface area contributed by atoms with Crippen LogP contribution in [0.4, 0.5) is 0 Å². The minimum absolute atomic E-state index is 0. The number of sulfone groups is 1. The third-order valence-corrected chi connectivity index (χ3v) is 5.05. The first kappa shape index (κ1) is 25.2. The van der Waals surface area contributed by atoms with Crippen LogP contribution in [0.5, 0.6) is 0 Å². The summed E-state index contributed by atoms with van der Waals surface area (Å²) in [6.45, 7) is 10.2. The fourth-order valence-electron chi connectivity index (χ4n) is 2.41. The molecule has 0 aliphatic heterocycles. The quantitative estimate of drug-likeness (QED) is 0.312. The Morgan fingerprint density at radius 2 is 1.73 bits per heavy atom. The van der Waals surface area contributed by atoms with E-state index in [1.165, 1.54) is 12.7 Å². The Bertz CT molecular complexity index is 643. The average Bonchev–Trinajstić information content (AvgIpc) is 2.53. The Kier molecular flexibility index (Phi) is 12.1. The highest BCUT2D eigenvalue weighted by Crippen LogP contribution is 2.11. The fraction of sp³-hybridized carbons (Fsp3) is 0.632. The molecule has 0 radical (unpaired) electrons. The first-order chi connectivity index (χ1) is 11.7. The molecule has 0 aliphatic rings. The zero-order chi connectivity index (χ0) is 18.9. The first-order valence-electron chi connectivity index (χ1n) is 9.06. The van der Waals surface area contributed by atoms with E-state index in [-0.39, 0.29) is 24.0 Å².